The van der Waals surface area contributed by atoms with Gasteiger partial charge in [0.15, 0.2) is 0 Å². The Kier molecular flexibility index (Phi) is 6.41. The number of ether oxygens (including phenoxy) is 1. The molecule has 0 atom stereocenters. The van der Waals surface area contributed by atoms with Crippen LogP contribution in [0.2, 0.25) is 0 Å². The number of benzene rings is 5. The average molecular weight is 669 g/mol. The Morgan fingerprint density at radius 1 is 0.468 bits per heavy atom. The van der Waals surface area contributed by atoms with Crippen molar-refractivity contribution in [3.05, 3.63) is 130 Å². The molecule has 0 bridgehead atoms. The topological polar surface area (TPSA) is 112 Å². The highest BCUT2D eigenvalue weighted by atomic mass is 32.2. The maximum Gasteiger partial charge on any atom is 0.347 e. The molecule has 0 radical (unpaired) electrons. The maximum absolute atomic E-state index is 13.5. The molecular weight excluding hydrogens is 647 g/mol. The van der Waals surface area contributed by atoms with Crippen molar-refractivity contribution in [3.8, 4) is 22.3 Å². The van der Waals surface area contributed by atoms with Crippen LogP contribution in [0.5, 0.6) is 0 Å². The molecule has 0 unspecified atom stereocenters. The fourth-order valence-corrected chi connectivity index (χ4v) is 9.60. The molecule has 1 heterocycles. The summed E-state index contributed by atoms with van der Waals surface area (Å²) >= 11 is 0. The third-order valence-electron chi connectivity index (χ3n) is 9.15. The fourth-order valence-electron chi connectivity index (χ4n) is 6.98. The lowest BCUT2D eigenvalue weighted by molar-refractivity contribution is 0.0443. The van der Waals surface area contributed by atoms with Crippen molar-refractivity contribution < 1.29 is 39.9 Å². The van der Waals surface area contributed by atoms with Crippen LogP contribution in [0.1, 0.15) is 43.0 Å². The van der Waals surface area contributed by atoms with E-state index in [4.69, 9.17) is 4.74 Å². The lowest BCUT2D eigenvalue weighted by Crippen LogP contribution is -2.18. The summed E-state index contributed by atoms with van der Waals surface area (Å²) in [6, 6.07) is 18.7. The van der Waals surface area contributed by atoms with Crippen molar-refractivity contribution in [1.82, 2.24) is 0 Å². The number of fused-ring (bicyclic) bond motifs is 10. The molecule has 1 aliphatic heterocycles. The lowest BCUT2D eigenvalue weighted by atomic mass is 9.72. The molecule has 11 heteroatoms. The third-order valence-corrected chi connectivity index (χ3v) is 12.7. The molecule has 0 spiro atoms. The van der Waals surface area contributed by atoms with Gasteiger partial charge in [-0.1, -0.05) is 12.1 Å². The van der Waals surface area contributed by atoms with Crippen LogP contribution >= 0.6 is 0 Å². The number of esters is 2. The van der Waals surface area contributed by atoms with Gasteiger partial charge in [0.25, 0.3) is 0 Å². The van der Waals surface area contributed by atoms with Gasteiger partial charge in [-0.15, -0.1) is 0 Å². The van der Waals surface area contributed by atoms with Crippen LogP contribution in [0.15, 0.2) is 105 Å². The molecular formula is C36H22F2O7S2. The van der Waals surface area contributed by atoms with E-state index in [1.165, 1.54) is 36.4 Å². The van der Waals surface area contributed by atoms with E-state index in [0.29, 0.717) is 70.2 Å². The van der Waals surface area contributed by atoms with Gasteiger partial charge in [-0.25, -0.2) is 35.2 Å². The summed E-state index contributed by atoms with van der Waals surface area (Å²) < 4.78 is 85.9. The summed E-state index contributed by atoms with van der Waals surface area (Å²) in [5.74, 6) is -2.56. The summed E-state index contributed by atoms with van der Waals surface area (Å²) in [4.78, 5) is 26.0. The van der Waals surface area contributed by atoms with E-state index in [1.807, 2.05) is 0 Å². The summed E-state index contributed by atoms with van der Waals surface area (Å²) in [5, 5.41) is 0. The predicted molar refractivity (Wildman–Crippen MR) is 166 cm³/mol. The van der Waals surface area contributed by atoms with Crippen LogP contribution in [0.4, 0.5) is 8.78 Å². The van der Waals surface area contributed by atoms with Crippen molar-refractivity contribution in [2.75, 3.05) is 0 Å². The van der Waals surface area contributed by atoms with E-state index < -0.39 is 43.2 Å². The molecule has 0 amide bonds. The molecule has 0 aromatic heterocycles. The van der Waals surface area contributed by atoms with Gasteiger partial charge in [-0.05, 0) is 143 Å². The zero-order valence-corrected chi connectivity index (χ0v) is 26.0. The van der Waals surface area contributed by atoms with E-state index in [2.05, 4.69) is 0 Å². The predicted octanol–water partition coefficient (Wildman–Crippen LogP) is 6.47. The molecule has 8 rings (SSSR count). The molecule has 234 valence electrons. The number of halogens is 2. The second-order valence-electron chi connectivity index (χ2n) is 11.7. The summed E-state index contributed by atoms with van der Waals surface area (Å²) in [7, 11) is -7.93. The average Bonchev–Trinajstić information content (AvgIpc) is 3.37. The number of cyclic esters (lactones) is 2. The molecule has 0 saturated carbocycles. The summed E-state index contributed by atoms with van der Waals surface area (Å²) in [5.41, 5.74) is 5.82. The maximum atomic E-state index is 13.5. The number of rotatable bonds is 4. The van der Waals surface area contributed by atoms with Crippen molar-refractivity contribution in [3.63, 3.8) is 0 Å². The van der Waals surface area contributed by atoms with Crippen molar-refractivity contribution in [2.45, 2.75) is 45.3 Å². The Morgan fingerprint density at radius 3 is 1.21 bits per heavy atom. The van der Waals surface area contributed by atoms with E-state index >= 15 is 0 Å². The first-order valence-corrected chi connectivity index (χ1v) is 17.7. The number of carbonyl (C=O) groups excluding carboxylic acids is 2. The quantitative estimate of drug-likeness (QED) is 0.123. The monoisotopic (exact) mass is 668 g/mol. The molecule has 2 aliphatic carbocycles. The zero-order chi connectivity index (χ0) is 32.8. The minimum absolute atomic E-state index is 0.0342. The van der Waals surface area contributed by atoms with Crippen LogP contribution in [0.25, 0.3) is 22.3 Å². The van der Waals surface area contributed by atoms with Gasteiger partial charge in [-0.2, -0.15) is 0 Å². The molecule has 3 aliphatic rings. The molecule has 0 fully saturated rings. The Morgan fingerprint density at radius 2 is 0.830 bits per heavy atom. The standard InChI is InChI=1S/C36H22F2O7S2/c37-21-3-7-23(8-4-21)46(41,42)25-11-15-27-19(17-25)1-13-29-31(27)32-28-16-12-26(47(43,44)24-9-5-22(38)6-10-24)18-20(28)2-14-30(32)34-33(29)35(39)45-36(34)40/h3-12,15-18H,1-2,13-14H2. The second kappa shape index (κ2) is 10.2. The van der Waals surface area contributed by atoms with E-state index in [1.54, 1.807) is 24.3 Å². The van der Waals surface area contributed by atoms with Gasteiger partial charge < -0.3 is 4.74 Å². The highest BCUT2D eigenvalue weighted by Gasteiger charge is 2.41. The van der Waals surface area contributed by atoms with Crippen LogP contribution < -0.4 is 0 Å². The minimum Gasteiger partial charge on any atom is -0.386 e. The number of sulfone groups is 2. The fraction of sp³-hybridized carbons (Fsp3) is 0.111. The van der Waals surface area contributed by atoms with Crippen molar-refractivity contribution >= 4 is 31.6 Å². The molecule has 47 heavy (non-hydrogen) atoms. The van der Waals surface area contributed by atoms with Crippen LogP contribution in [0.3, 0.4) is 0 Å². The van der Waals surface area contributed by atoms with Gasteiger partial charge in [0.2, 0.25) is 19.7 Å². The van der Waals surface area contributed by atoms with Crippen LogP contribution in [0, 0.1) is 11.6 Å². The van der Waals surface area contributed by atoms with Gasteiger partial charge in [0.1, 0.15) is 11.6 Å². The van der Waals surface area contributed by atoms with Crippen LogP contribution in [-0.2, 0) is 50.1 Å². The normalized spacial score (nSPS) is 14.9. The van der Waals surface area contributed by atoms with Crippen molar-refractivity contribution in [1.29, 1.82) is 0 Å². The van der Waals surface area contributed by atoms with Gasteiger partial charge in [-0.3, -0.25) is 0 Å². The second-order valence-corrected chi connectivity index (χ2v) is 15.6. The number of aryl methyl sites for hydroxylation is 2. The Hall–Kier alpha value is -5.00. The van der Waals surface area contributed by atoms with E-state index in [0.717, 1.165) is 24.3 Å². The first-order chi connectivity index (χ1) is 22.4. The van der Waals surface area contributed by atoms with E-state index in [9.17, 15) is 35.2 Å². The van der Waals surface area contributed by atoms with Crippen LogP contribution in [-0.4, -0.2) is 28.8 Å². The summed E-state index contributed by atoms with van der Waals surface area (Å²) in [6.45, 7) is 0. The first kappa shape index (κ1) is 29.4. The molecule has 0 saturated heterocycles. The Balaban J connectivity index is 1.32. The largest absolute Gasteiger partial charge is 0.386 e. The van der Waals surface area contributed by atoms with Gasteiger partial charge in [0, 0.05) is 0 Å². The number of hydrogen-bond acceptors (Lipinski definition) is 7. The minimum atomic E-state index is -3.97. The molecule has 7 nitrogen and oxygen atoms in total. The number of hydrogen-bond donors (Lipinski definition) is 0. The smallest absolute Gasteiger partial charge is 0.347 e. The van der Waals surface area contributed by atoms with Crippen molar-refractivity contribution in [2.24, 2.45) is 0 Å². The first-order valence-electron chi connectivity index (χ1n) is 14.7. The Labute approximate surface area is 268 Å². The third kappa shape index (κ3) is 4.40. The molecule has 5 aromatic carbocycles. The van der Waals surface area contributed by atoms with Gasteiger partial charge >= 0.3 is 11.9 Å². The molecule has 0 N–H and O–H groups in total. The molecule has 5 aromatic rings. The highest BCUT2D eigenvalue weighted by molar-refractivity contribution is 7.91. The van der Waals surface area contributed by atoms with E-state index in [-0.39, 0.29) is 30.7 Å². The highest BCUT2D eigenvalue weighted by Crippen LogP contribution is 2.51. The number of carbonyl (C=O) groups is 2. The zero-order valence-electron chi connectivity index (χ0n) is 24.3. The summed E-state index contributed by atoms with van der Waals surface area (Å²) in [6.07, 6.45) is 1.41. The lowest BCUT2D eigenvalue weighted by Gasteiger charge is -2.31. The SMILES string of the molecule is O=C1OC(=O)c2c3c(c4c(c21)CCc1cc(S(=O)(=O)c2ccc(F)cc2)ccc1-4)-c1ccc(S(=O)(=O)c2ccc(F)cc2)cc1CC3. The van der Waals surface area contributed by atoms with Gasteiger partial charge in [0.05, 0.1) is 30.7 Å². The Bertz CT molecular complexity index is 2280.